The quantitative estimate of drug-likeness (QED) is 0.532. The third kappa shape index (κ3) is 1.06. The number of likely N-dealkylation sites (tertiary alicyclic amines) is 1. The second-order valence-corrected chi connectivity index (χ2v) is 3.32. The highest BCUT2D eigenvalue weighted by Crippen LogP contribution is 2.29. The van der Waals surface area contributed by atoms with Crippen molar-refractivity contribution >= 4 is 6.09 Å². The standard InChI is InChI=1S/C8H13NO3/c1-11-8(10)9-3-2-6-4-12-5-7(6)9/h6-7H,2-5H2,1H3. The van der Waals surface area contributed by atoms with Crippen LogP contribution in [-0.4, -0.2) is 43.9 Å². The summed E-state index contributed by atoms with van der Waals surface area (Å²) in [7, 11) is 1.42. The molecule has 68 valence electrons. The van der Waals surface area contributed by atoms with Crippen LogP contribution in [0.15, 0.2) is 0 Å². The molecule has 1 amide bonds. The Morgan fingerprint density at radius 2 is 2.42 bits per heavy atom. The summed E-state index contributed by atoms with van der Waals surface area (Å²) in [5.74, 6) is 0.545. The summed E-state index contributed by atoms with van der Waals surface area (Å²) >= 11 is 0. The van der Waals surface area contributed by atoms with Crippen LogP contribution in [-0.2, 0) is 9.47 Å². The van der Waals surface area contributed by atoms with E-state index in [0.29, 0.717) is 12.5 Å². The molecule has 0 N–H and O–H groups in total. The minimum atomic E-state index is -0.215. The maximum absolute atomic E-state index is 11.2. The van der Waals surface area contributed by atoms with Gasteiger partial charge in [0.05, 0.1) is 26.4 Å². The van der Waals surface area contributed by atoms with Crippen LogP contribution in [0.25, 0.3) is 0 Å². The molecule has 0 aliphatic carbocycles. The van der Waals surface area contributed by atoms with Gasteiger partial charge >= 0.3 is 6.09 Å². The number of hydrogen-bond donors (Lipinski definition) is 0. The van der Waals surface area contributed by atoms with E-state index in [0.717, 1.165) is 19.6 Å². The zero-order valence-corrected chi connectivity index (χ0v) is 7.16. The van der Waals surface area contributed by atoms with Gasteiger partial charge in [0, 0.05) is 12.5 Å². The number of carbonyl (C=O) groups excluding carboxylic acids is 1. The highest BCUT2D eigenvalue weighted by molar-refractivity contribution is 5.68. The summed E-state index contributed by atoms with van der Waals surface area (Å²) < 4.78 is 9.96. The van der Waals surface area contributed by atoms with Crippen LogP contribution in [0.3, 0.4) is 0 Å². The molecule has 0 spiro atoms. The number of methoxy groups -OCH3 is 1. The maximum Gasteiger partial charge on any atom is 0.409 e. The van der Waals surface area contributed by atoms with Crippen LogP contribution in [0.1, 0.15) is 6.42 Å². The molecule has 12 heavy (non-hydrogen) atoms. The molecule has 2 rings (SSSR count). The van der Waals surface area contributed by atoms with E-state index in [-0.39, 0.29) is 12.1 Å². The fourth-order valence-corrected chi connectivity index (χ4v) is 2.02. The maximum atomic E-state index is 11.2. The summed E-state index contributed by atoms with van der Waals surface area (Å²) in [4.78, 5) is 13.0. The molecule has 0 aromatic rings. The van der Waals surface area contributed by atoms with Crippen LogP contribution in [0.4, 0.5) is 4.79 Å². The molecule has 2 saturated heterocycles. The first-order valence-corrected chi connectivity index (χ1v) is 4.25. The Labute approximate surface area is 71.4 Å². The van der Waals surface area contributed by atoms with Crippen molar-refractivity contribution in [2.24, 2.45) is 5.92 Å². The van der Waals surface area contributed by atoms with E-state index in [2.05, 4.69) is 4.74 Å². The number of amides is 1. The fourth-order valence-electron chi connectivity index (χ4n) is 2.02. The van der Waals surface area contributed by atoms with Gasteiger partial charge in [0.15, 0.2) is 0 Å². The summed E-state index contributed by atoms with van der Waals surface area (Å²) in [6, 6.07) is 0.275. The van der Waals surface area contributed by atoms with Crippen LogP contribution in [0.5, 0.6) is 0 Å². The predicted octanol–water partition coefficient (Wildman–Crippen LogP) is 0.474. The molecule has 0 bridgehead atoms. The molecule has 0 aromatic carbocycles. The van der Waals surface area contributed by atoms with Gasteiger partial charge in [-0.3, -0.25) is 0 Å². The lowest BCUT2D eigenvalue weighted by atomic mass is 10.1. The Hall–Kier alpha value is -0.770. The van der Waals surface area contributed by atoms with Crippen molar-refractivity contribution < 1.29 is 14.3 Å². The first-order valence-electron chi connectivity index (χ1n) is 4.25. The molecule has 2 fully saturated rings. The molecular formula is C8H13NO3. The lowest BCUT2D eigenvalue weighted by Crippen LogP contribution is -2.37. The van der Waals surface area contributed by atoms with E-state index in [1.807, 2.05) is 0 Å². The minimum Gasteiger partial charge on any atom is -0.453 e. The number of ether oxygens (including phenoxy) is 2. The average Bonchev–Trinajstić information content (AvgIpc) is 2.62. The van der Waals surface area contributed by atoms with Gasteiger partial charge in [-0.15, -0.1) is 0 Å². The van der Waals surface area contributed by atoms with Crippen molar-refractivity contribution in [1.29, 1.82) is 0 Å². The van der Waals surface area contributed by atoms with Gasteiger partial charge in [0.2, 0.25) is 0 Å². The van der Waals surface area contributed by atoms with E-state index in [9.17, 15) is 4.79 Å². The SMILES string of the molecule is COC(=O)N1CCC2COCC21. The van der Waals surface area contributed by atoms with E-state index in [1.54, 1.807) is 4.90 Å². The predicted molar refractivity (Wildman–Crippen MR) is 41.8 cm³/mol. The molecule has 4 nitrogen and oxygen atoms in total. The number of fused-ring (bicyclic) bond motifs is 1. The Bertz CT molecular complexity index is 195. The molecule has 2 aliphatic rings. The second kappa shape index (κ2) is 2.94. The van der Waals surface area contributed by atoms with Crippen molar-refractivity contribution in [3.05, 3.63) is 0 Å². The number of nitrogens with zero attached hydrogens (tertiary/aromatic N) is 1. The molecular weight excluding hydrogens is 158 g/mol. The van der Waals surface area contributed by atoms with Gasteiger partial charge in [0.25, 0.3) is 0 Å². The van der Waals surface area contributed by atoms with Gasteiger partial charge in [-0.2, -0.15) is 0 Å². The molecule has 4 heteroatoms. The molecule has 2 aliphatic heterocycles. The topological polar surface area (TPSA) is 38.8 Å². The third-order valence-corrected chi connectivity index (χ3v) is 2.71. The van der Waals surface area contributed by atoms with Crippen LogP contribution in [0.2, 0.25) is 0 Å². The Kier molecular flexibility index (Phi) is 1.92. The lowest BCUT2D eigenvalue weighted by Gasteiger charge is -2.20. The lowest BCUT2D eigenvalue weighted by molar-refractivity contribution is 0.104. The third-order valence-electron chi connectivity index (χ3n) is 2.71. The van der Waals surface area contributed by atoms with Crippen molar-refractivity contribution in [3.8, 4) is 0 Å². The summed E-state index contributed by atoms with van der Waals surface area (Å²) in [6.45, 7) is 2.31. The zero-order valence-electron chi connectivity index (χ0n) is 7.16. The van der Waals surface area contributed by atoms with Crippen molar-refractivity contribution in [2.75, 3.05) is 26.9 Å². The van der Waals surface area contributed by atoms with E-state index in [4.69, 9.17) is 4.74 Å². The highest BCUT2D eigenvalue weighted by Gasteiger charge is 2.41. The molecule has 2 heterocycles. The molecule has 0 radical (unpaired) electrons. The average molecular weight is 171 g/mol. The van der Waals surface area contributed by atoms with Crippen molar-refractivity contribution in [3.63, 3.8) is 0 Å². The Morgan fingerprint density at radius 1 is 1.58 bits per heavy atom. The van der Waals surface area contributed by atoms with E-state index in [1.165, 1.54) is 7.11 Å². The largest absolute Gasteiger partial charge is 0.453 e. The summed E-state index contributed by atoms with van der Waals surface area (Å²) in [5, 5.41) is 0. The number of rotatable bonds is 0. The monoisotopic (exact) mass is 171 g/mol. The van der Waals surface area contributed by atoms with Crippen LogP contribution >= 0.6 is 0 Å². The van der Waals surface area contributed by atoms with Gasteiger partial charge in [-0.05, 0) is 6.42 Å². The van der Waals surface area contributed by atoms with Crippen molar-refractivity contribution in [1.82, 2.24) is 4.90 Å². The molecule has 0 saturated carbocycles. The Balaban J connectivity index is 2.04. The minimum absolute atomic E-state index is 0.215. The summed E-state index contributed by atoms with van der Waals surface area (Å²) in [6.07, 6.45) is 0.841. The normalized spacial score (nSPS) is 33.6. The van der Waals surface area contributed by atoms with Gasteiger partial charge in [0.1, 0.15) is 0 Å². The van der Waals surface area contributed by atoms with Crippen LogP contribution in [0, 0.1) is 5.92 Å². The molecule has 2 unspecified atom stereocenters. The summed E-state index contributed by atoms with van der Waals surface area (Å²) in [5.41, 5.74) is 0. The van der Waals surface area contributed by atoms with Gasteiger partial charge in [-0.1, -0.05) is 0 Å². The van der Waals surface area contributed by atoms with Crippen LogP contribution < -0.4 is 0 Å². The van der Waals surface area contributed by atoms with Crippen molar-refractivity contribution in [2.45, 2.75) is 12.5 Å². The van der Waals surface area contributed by atoms with Gasteiger partial charge in [-0.25, -0.2) is 4.79 Å². The number of hydrogen-bond acceptors (Lipinski definition) is 3. The smallest absolute Gasteiger partial charge is 0.409 e. The molecule has 0 aromatic heterocycles. The first kappa shape index (κ1) is 7.86. The highest BCUT2D eigenvalue weighted by atomic mass is 16.5. The fraction of sp³-hybridized carbons (Fsp3) is 0.875. The van der Waals surface area contributed by atoms with E-state index < -0.39 is 0 Å². The number of carbonyl (C=O) groups is 1. The van der Waals surface area contributed by atoms with Gasteiger partial charge < -0.3 is 14.4 Å². The van der Waals surface area contributed by atoms with E-state index >= 15 is 0 Å². The molecule has 2 atom stereocenters. The Morgan fingerprint density at radius 3 is 3.17 bits per heavy atom. The second-order valence-electron chi connectivity index (χ2n) is 3.32. The zero-order chi connectivity index (χ0) is 8.55. The first-order chi connectivity index (χ1) is 5.83.